The third-order valence-corrected chi connectivity index (χ3v) is 3.75. The Kier molecular flexibility index (Phi) is 4.84. The van der Waals surface area contributed by atoms with Crippen molar-refractivity contribution in [2.45, 2.75) is 20.0 Å². The number of carbonyl (C=O) groups is 1. The Bertz CT molecular complexity index is 596. The Morgan fingerprint density at radius 1 is 1.40 bits per heavy atom. The van der Waals surface area contributed by atoms with Crippen LogP contribution in [0.5, 0.6) is 0 Å². The Hall–Kier alpha value is -1.76. The van der Waals surface area contributed by atoms with Crippen LogP contribution in [0.1, 0.15) is 26.6 Å². The molecule has 2 rings (SSSR count). The summed E-state index contributed by atoms with van der Waals surface area (Å²) in [5.41, 5.74) is 4.79. The third-order valence-electron chi connectivity index (χ3n) is 2.93. The molecule has 5 nitrogen and oxygen atoms in total. The van der Waals surface area contributed by atoms with Gasteiger partial charge in [-0.15, -0.1) is 11.3 Å². The molecule has 0 bridgehead atoms. The number of rotatable bonds is 5. The molecule has 1 aromatic carbocycles. The van der Waals surface area contributed by atoms with E-state index in [0.29, 0.717) is 12.1 Å². The van der Waals surface area contributed by atoms with Gasteiger partial charge in [0.05, 0.1) is 10.7 Å². The van der Waals surface area contributed by atoms with Gasteiger partial charge >= 0.3 is 0 Å². The zero-order chi connectivity index (χ0) is 14.5. The first-order valence-electron chi connectivity index (χ1n) is 6.28. The minimum Gasteiger partial charge on any atom is -0.296 e. The molecule has 106 valence electrons. The normalized spacial score (nSPS) is 10.8. The van der Waals surface area contributed by atoms with Gasteiger partial charge < -0.3 is 0 Å². The summed E-state index contributed by atoms with van der Waals surface area (Å²) in [5.74, 6) is 4.94. The zero-order valence-electron chi connectivity index (χ0n) is 11.6. The molecule has 0 fully saturated rings. The van der Waals surface area contributed by atoms with Crippen molar-refractivity contribution in [3.63, 3.8) is 0 Å². The Balaban J connectivity index is 2.07. The molecule has 6 heteroatoms. The van der Waals surface area contributed by atoms with E-state index in [1.165, 1.54) is 0 Å². The number of nitrogens with one attached hydrogen (secondary N) is 1. The second-order valence-corrected chi connectivity index (χ2v) is 5.72. The monoisotopic (exact) mass is 290 g/mol. The number of carbonyl (C=O) groups excluding carboxylic acids is 1. The Morgan fingerprint density at radius 2 is 2.15 bits per heavy atom. The van der Waals surface area contributed by atoms with Crippen molar-refractivity contribution < 1.29 is 4.79 Å². The maximum atomic E-state index is 11.7. The fourth-order valence-corrected chi connectivity index (χ4v) is 2.67. The number of amides is 1. The molecule has 0 aliphatic carbocycles. The van der Waals surface area contributed by atoms with E-state index in [-0.39, 0.29) is 5.91 Å². The van der Waals surface area contributed by atoms with Crippen LogP contribution in [0, 0.1) is 6.92 Å². The number of thiazole rings is 1. The smallest absolute Gasteiger partial charge is 0.265 e. The molecule has 0 spiro atoms. The highest BCUT2D eigenvalue weighted by atomic mass is 32.1. The molecular weight excluding hydrogens is 272 g/mol. The van der Waals surface area contributed by atoms with Gasteiger partial charge in [0.2, 0.25) is 0 Å². The summed E-state index contributed by atoms with van der Waals surface area (Å²) < 4.78 is 0. The van der Waals surface area contributed by atoms with E-state index < -0.39 is 0 Å². The molecule has 0 aliphatic heterocycles. The number of nitrogen functional groups attached to an aromatic ring is 1. The molecule has 0 radical (unpaired) electrons. The van der Waals surface area contributed by atoms with Crippen molar-refractivity contribution in [2.75, 3.05) is 7.05 Å². The van der Waals surface area contributed by atoms with E-state index in [9.17, 15) is 4.79 Å². The van der Waals surface area contributed by atoms with Crippen molar-refractivity contribution in [2.24, 2.45) is 5.84 Å². The number of hydrogen-bond donors (Lipinski definition) is 2. The lowest BCUT2D eigenvalue weighted by Crippen LogP contribution is -2.31. The Morgan fingerprint density at radius 3 is 2.80 bits per heavy atom. The summed E-state index contributed by atoms with van der Waals surface area (Å²) in [4.78, 5) is 18.3. The lowest BCUT2D eigenvalue weighted by Gasteiger charge is -2.17. The fourth-order valence-electron chi connectivity index (χ4n) is 2.06. The summed E-state index contributed by atoms with van der Waals surface area (Å²) >= 11 is 1.65. The number of aromatic nitrogens is 1. The molecule has 1 heterocycles. The zero-order valence-corrected chi connectivity index (χ0v) is 12.4. The molecule has 20 heavy (non-hydrogen) atoms. The van der Waals surface area contributed by atoms with Crippen molar-refractivity contribution >= 4 is 17.2 Å². The Labute approximate surface area is 122 Å². The number of nitrogens with zero attached hydrogens (tertiary/aromatic N) is 2. The van der Waals surface area contributed by atoms with E-state index in [0.717, 1.165) is 22.8 Å². The molecule has 0 atom stereocenters. The number of hydrazine groups is 1. The van der Waals surface area contributed by atoms with Crippen LogP contribution < -0.4 is 11.3 Å². The molecule has 0 aliphatic rings. The standard InChI is InChI=1S/C14H18N4OS/c1-10-16-12(9-20-10)8-18(2)7-11-5-3-4-6-13(11)14(19)17-15/h3-6,9H,7-8,15H2,1-2H3,(H,17,19). The van der Waals surface area contributed by atoms with E-state index in [2.05, 4.69) is 20.7 Å². The van der Waals surface area contributed by atoms with E-state index in [1.807, 2.05) is 32.2 Å². The van der Waals surface area contributed by atoms with Gasteiger partial charge in [0.15, 0.2) is 0 Å². The van der Waals surface area contributed by atoms with E-state index in [4.69, 9.17) is 5.84 Å². The van der Waals surface area contributed by atoms with Crippen LogP contribution in [-0.2, 0) is 13.1 Å². The van der Waals surface area contributed by atoms with Crippen molar-refractivity contribution in [1.82, 2.24) is 15.3 Å². The molecule has 2 aromatic rings. The highest BCUT2D eigenvalue weighted by Gasteiger charge is 2.12. The first kappa shape index (κ1) is 14.6. The average molecular weight is 290 g/mol. The van der Waals surface area contributed by atoms with Gasteiger partial charge in [-0.1, -0.05) is 18.2 Å². The average Bonchev–Trinajstić information content (AvgIpc) is 2.83. The van der Waals surface area contributed by atoms with E-state index in [1.54, 1.807) is 17.4 Å². The number of aryl methyl sites for hydroxylation is 1. The van der Waals surface area contributed by atoms with Gasteiger partial charge in [0.25, 0.3) is 5.91 Å². The summed E-state index contributed by atoms with van der Waals surface area (Å²) in [6, 6.07) is 7.47. The maximum absolute atomic E-state index is 11.7. The van der Waals surface area contributed by atoms with Crippen molar-refractivity contribution in [3.05, 3.63) is 51.5 Å². The largest absolute Gasteiger partial charge is 0.296 e. The first-order valence-corrected chi connectivity index (χ1v) is 7.16. The number of benzene rings is 1. The second-order valence-electron chi connectivity index (χ2n) is 4.66. The molecule has 1 amide bonds. The van der Waals surface area contributed by atoms with Crippen molar-refractivity contribution in [3.8, 4) is 0 Å². The highest BCUT2D eigenvalue weighted by Crippen LogP contribution is 2.14. The predicted octanol–water partition coefficient (Wildman–Crippen LogP) is 1.69. The van der Waals surface area contributed by atoms with Gasteiger partial charge in [-0.2, -0.15) is 0 Å². The van der Waals surface area contributed by atoms with Gasteiger partial charge in [-0.3, -0.25) is 15.1 Å². The van der Waals surface area contributed by atoms with Crippen LogP contribution in [0.25, 0.3) is 0 Å². The summed E-state index contributed by atoms with van der Waals surface area (Å²) in [6.45, 7) is 3.41. The summed E-state index contributed by atoms with van der Waals surface area (Å²) in [6.07, 6.45) is 0. The summed E-state index contributed by atoms with van der Waals surface area (Å²) in [7, 11) is 2.01. The number of nitrogens with two attached hydrogens (primary N) is 1. The van der Waals surface area contributed by atoms with Gasteiger partial charge in [-0.05, 0) is 25.6 Å². The quantitative estimate of drug-likeness (QED) is 0.499. The maximum Gasteiger partial charge on any atom is 0.265 e. The fraction of sp³-hybridized carbons (Fsp3) is 0.286. The minimum atomic E-state index is -0.265. The SMILES string of the molecule is Cc1nc(CN(C)Cc2ccccc2C(=O)NN)cs1. The lowest BCUT2D eigenvalue weighted by molar-refractivity contribution is 0.0952. The van der Waals surface area contributed by atoms with Crippen molar-refractivity contribution in [1.29, 1.82) is 0 Å². The predicted molar refractivity (Wildman–Crippen MR) is 80.1 cm³/mol. The van der Waals surface area contributed by atoms with Gasteiger partial charge in [-0.25, -0.2) is 10.8 Å². The molecule has 0 unspecified atom stereocenters. The minimum absolute atomic E-state index is 0.265. The lowest BCUT2D eigenvalue weighted by atomic mass is 10.1. The second kappa shape index (κ2) is 6.60. The highest BCUT2D eigenvalue weighted by molar-refractivity contribution is 7.09. The van der Waals surface area contributed by atoms with Crippen LogP contribution in [-0.4, -0.2) is 22.8 Å². The molecule has 0 saturated heterocycles. The first-order chi connectivity index (χ1) is 9.60. The van der Waals surface area contributed by atoms with Crippen LogP contribution in [0.4, 0.5) is 0 Å². The molecule has 3 N–H and O–H groups in total. The number of hydrogen-bond acceptors (Lipinski definition) is 5. The van der Waals surface area contributed by atoms with Crippen LogP contribution >= 0.6 is 11.3 Å². The molecule has 0 saturated carbocycles. The molecular formula is C14H18N4OS. The van der Waals surface area contributed by atoms with Gasteiger partial charge in [0.1, 0.15) is 0 Å². The van der Waals surface area contributed by atoms with Crippen LogP contribution in [0.3, 0.4) is 0 Å². The van der Waals surface area contributed by atoms with Crippen LogP contribution in [0.15, 0.2) is 29.6 Å². The topological polar surface area (TPSA) is 71.2 Å². The summed E-state index contributed by atoms with van der Waals surface area (Å²) in [5, 5.41) is 3.13. The molecule has 1 aromatic heterocycles. The van der Waals surface area contributed by atoms with Gasteiger partial charge in [0, 0.05) is 24.0 Å². The van der Waals surface area contributed by atoms with Crippen LogP contribution in [0.2, 0.25) is 0 Å². The van der Waals surface area contributed by atoms with E-state index >= 15 is 0 Å². The third kappa shape index (κ3) is 3.63.